The molecule has 0 aliphatic carbocycles. The van der Waals surface area contributed by atoms with Crippen LogP contribution in [0.3, 0.4) is 0 Å². The van der Waals surface area contributed by atoms with Gasteiger partial charge in [0.2, 0.25) is 0 Å². The summed E-state index contributed by atoms with van der Waals surface area (Å²) in [6, 6.07) is -0.501. The molecule has 0 unspecified atom stereocenters. The lowest BCUT2D eigenvalue weighted by molar-refractivity contribution is -0.143. The molecule has 0 aromatic carbocycles. The Bertz CT molecular complexity index is 170. The summed E-state index contributed by atoms with van der Waals surface area (Å²) in [6.45, 7) is 2.42. The van der Waals surface area contributed by atoms with Crippen LogP contribution in [0.5, 0.6) is 0 Å². The molecule has 13 heavy (non-hydrogen) atoms. The van der Waals surface area contributed by atoms with E-state index in [1.807, 2.05) is 4.90 Å². The van der Waals surface area contributed by atoms with Gasteiger partial charge in [-0.1, -0.05) is 0 Å². The highest BCUT2D eigenvalue weighted by Gasteiger charge is 2.32. The second-order valence-electron chi connectivity index (χ2n) is 3.04. The normalized spacial score (nSPS) is 18.5. The van der Waals surface area contributed by atoms with E-state index in [0.29, 0.717) is 13.0 Å². The van der Waals surface area contributed by atoms with E-state index in [-0.39, 0.29) is 13.2 Å². The van der Waals surface area contributed by atoms with E-state index in [9.17, 15) is 4.79 Å². The Hall–Kier alpha value is -0.650. The largest absolute Gasteiger partial charge is 0.480 e. The smallest absolute Gasteiger partial charge is 0.323 e. The van der Waals surface area contributed by atoms with Crippen LogP contribution in [0.15, 0.2) is 0 Å². The fraction of sp³-hybridized carbons (Fsp3) is 0.875. The van der Waals surface area contributed by atoms with Crippen LogP contribution in [-0.2, 0) is 9.53 Å². The minimum absolute atomic E-state index is 0.0848. The van der Waals surface area contributed by atoms with Crippen LogP contribution in [-0.4, -0.2) is 60.0 Å². The molecular weight excluding hydrogens is 174 g/mol. The Morgan fingerprint density at radius 1 is 1.54 bits per heavy atom. The first kappa shape index (κ1) is 10.4. The van der Waals surface area contributed by atoms with Crippen molar-refractivity contribution >= 4 is 5.97 Å². The van der Waals surface area contributed by atoms with Gasteiger partial charge in [-0.15, -0.1) is 0 Å². The number of hydrogen-bond acceptors (Lipinski definition) is 4. The summed E-state index contributed by atoms with van der Waals surface area (Å²) in [4.78, 5) is 12.5. The third-order valence-corrected chi connectivity index (χ3v) is 1.93. The zero-order valence-corrected chi connectivity index (χ0v) is 7.48. The average molecular weight is 189 g/mol. The van der Waals surface area contributed by atoms with Crippen LogP contribution < -0.4 is 0 Å². The molecule has 0 amide bonds. The molecular formula is C8H15NO4. The number of nitrogens with zero attached hydrogens (tertiary/aromatic N) is 1. The zero-order chi connectivity index (χ0) is 9.68. The van der Waals surface area contributed by atoms with Gasteiger partial charge in [0.1, 0.15) is 6.04 Å². The van der Waals surface area contributed by atoms with Crippen molar-refractivity contribution in [3.8, 4) is 0 Å². The van der Waals surface area contributed by atoms with E-state index in [1.165, 1.54) is 0 Å². The van der Waals surface area contributed by atoms with Gasteiger partial charge in [0.15, 0.2) is 0 Å². The van der Waals surface area contributed by atoms with Crippen molar-refractivity contribution in [2.75, 3.05) is 32.9 Å². The molecule has 1 aliphatic rings. The first-order valence-corrected chi connectivity index (χ1v) is 4.41. The molecule has 0 spiro atoms. The number of aliphatic hydroxyl groups is 1. The number of ether oxygens (including phenoxy) is 1. The SMILES string of the molecule is O=C(O)[C@H](COCCCO)N1CC1. The number of aliphatic carboxylic acids is 1. The molecule has 0 aromatic heterocycles. The topological polar surface area (TPSA) is 69.8 Å². The molecule has 1 atom stereocenters. The van der Waals surface area contributed by atoms with Crippen LogP contribution in [0.1, 0.15) is 6.42 Å². The van der Waals surface area contributed by atoms with Crippen molar-refractivity contribution in [3.63, 3.8) is 0 Å². The van der Waals surface area contributed by atoms with Crippen molar-refractivity contribution < 1.29 is 19.7 Å². The van der Waals surface area contributed by atoms with Crippen LogP contribution in [0.25, 0.3) is 0 Å². The van der Waals surface area contributed by atoms with E-state index in [0.717, 1.165) is 13.1 Å². The molecule has 1 aliphatic heterocycles. The van der Waals surface area contributed by atoms with Gasteiger partial charge in [-0.25, -0.2) is 0 Å². The summed E-state index contributed by atoms with van der Waals surface area (Å²) >= 11 is 0. The number of rotatable bonds is 7. The summed E-state index contributed by atoms with van der Waals surface area (Å²) in [5, 5.41) is 17.2. The Labute approximate surface area is 76.9 Å². The summed E-state index contributed by atoms with van der Waals surface area (Å²) in [6.07, 6.45) is 0.562. The van der Waals surface area contributed by atoms with Crippen LogP contribution in [0.2, 0.25) is 0 Å². The van der Waals surface area contributed by atoms with Gasteiger partial charge in [0.05, 0.1) is 6.61 Å². The molecule has 0 bridgehead atoms. The fourth-order valence-corrected chi connectivity index (χ4v) is 1.06. The maximum Gasteiger partial charge on any atom is 0.323 e. The van der Waals surface area contributed by atoms with Crippen LogP contribution >= 0.6 is 0 Å². The van der Waals surface area contributed by atoms with Crippen LogP contribution in [0, 0.1) is 0 Å². The molecule has 0 aromatic rings. The maximum absolute atomic E-state index is 10.7. The Morgan fingerprint density at radius 3 is 2.69 bits per heavy atom. The van der Waals surface area contributed by atoms with Crippen LogP contribution in [0.4, 0.5) is 0 Å². The highest BCUT2D eigenvalue weighted by atomic mass is 16.5. The van der Waals surface area contributed by atoms with E-state index in [1.54, 1.807) is 0 Å². The summed E-state index contributed by atoms with van der Waals surface area (Å²) in [7, 11) is 0. The highest BCUT2D eigenvalue weighted by molar-refractivity contribution is 5.74. The Morgan fingerprint density at radius 2 is 2.23 bits per heavy atom. The van der Waals surface area contributed by atoms with Gasteiger partial charge >= 0.3 is 5.97 Å². The van der Waals surface area contributed by atoms with E-state index < -0.39 is 12.0 Å². The van der Waals surface area contributed by atoms with Gasteiger partial charge in [-0.05, 0) is 6.42 Å². The molecule has 0 saturated carbocycles. The minimum Gasteiger partial charge on any atom is -0.480 e. The minimum atomic E-state index is -0.832. The number of carboxylic acids is 1. The first-order valence-electron chi connectivity index (χ1n) is 4.41. The quantitative estimate of drug-likeness (QED) is 0.403. The fourth-order valence-electron chi connectivity index (χ4n) is 1.06. The molecule has 76 valence electrons. The Kier molecular flexibility index (Phi) is 4.14. The first-order chi connectivity index (χ1) is 6.25. The monoisotopic (exact) mass is 189 g/mol. The van der Waals surface area contributed by atoms with Crippen molar-refractivity contribution in [1.29, 1.82) is 0 Å². The lowest BCUT2D eigenvalue weighted by Crippen LogP contribution is -2.33. The molecule has 1 rings (SSSR count). The highest BCUT2D eigenvalue weighted by Crippen LogP contribution is 2.11. The second kappa shape index (κ2) is 5.16. The molecule has 5 heteroatoms. The summed E-state index contributed by atoms with van der Waals surface area (Å²) in [5.74, 6) is -0.832. The molecule has 1 fully saturated rings. The predicted molar refractivity (Wildman–Crippen MR) is 45.5 cm³/mol. The van der Waals surface area contributed by atoms with Gasteiger partial charge in [0.25, 0.3) is 0 Å². The lowest BCUT2D eigenvalue weighted by Gasteiger charge is -2.12. The number of carbonyl (C=O) groups is 1. The molecule has 5 nitrogen and oxygen atoms in total. The Balaban J connectivity index is 2.11. The lowest BCUT2D eigenvalue weighted by atomic mass is 10.3. The van der Waals surface area contributed by atoms with E-state index >= 15 is 0 Å². The second-order valence-corrected chi connectivity index (χ2v) is 3.04. The van der Waals surface area contributed by atoms with Gasteiger partial charge < -0.3 is 14.9 Å². The van der Waals surface area contributed by atoms with E-state index in [4.69, 9.17) is 14.9 Å². The predicted octanol–water partition coefficient (Wildman–Crippen LogP) is -0.846. The summed E-state index contributed by atoms with van der Waals surface area (Å²) in [5.41, 5.74) is 0. The zero-order valence-electron chi connectivity index (χ0n) is 7.48. The number of aliphatic hydroxyl groups excluding tert-OH is 1. The molecule has 2 N–H and O–H groups in total. The standard InChI is InChI=1S/C8H15NO4/c10-4-1-5-13-6-7(8(11)12)9-2-3-9/h7,10H,1-6H2,(H,11,12)/t7-/m0/s1. The van der Waals surface area contributed by atoms with E-state index in [2.05, 4.69) is 0 Å². The van der Waals surface area contributed by atoms with Gasteiger partial charge in [-0.2, -0.15) is 0 Å². The third-order valence-electron chi connectivity index (χ3n) is 1.93. The third kappa shape index (κ3) is 3.71. The van der Waals surface area contributed by atoms with Crippen molar-refractivity contribution in [3.05, 3.63) is 0 Å². The summed E-state index contributed by atoms with van der Waals surface area (Å²) < 4.78 is 5.12. The number of hydrogen-bond donors (Lipinski definition) is 2. The molecule has 1 saturated heterocycles. The van der Waals surface area contributed by atoms with Crippen molar-refractivity contribution in [2.45, 2.75) is 12.5 Å². The maximum atomic E-state index is 10.7. The van der Waals surface area contributed by atoms with Gasteiger partial charge in [0, 0.05) is 26.3 Å². The molecule has 1 heterocycles. The number of carboxylic acid groups (broad SMARTS) is 1. The molecule has 0 radical (unpaired) electrons. The average Bonchev–Trinajstić information content (AvgIpc) is 2.87. The van der Waals surface area contributed by atoms with Gasteiger partial charge in [-0.3, -0.25) is 9.69 Å². The van der Waals surface area contributed by atoms with Crippen molar-refractivity contribution in [1.82, 2.24) is 4.90 Å². The van der Waals surface area contributed by atoms with Crippen molar-refractivity contribution in [2.24, 2.45) is 0 Å².